The molecule has 0 atom stereocenters. The summed E-state index contributed by atoms with van der Waals surface area (Å²) in [5, 5.41) is 0. The van der Waals surface area contributed by atoms with Gasteiger partial charge in [0.1, 0.15) is 11.5 Å². The third-order valence-electron chi connectivity index (χ3n) is 5.67. The Morgan fingerprint density at radius 3 is 2.53 bits per heavy atom. The minimum Gasteiger partial charge on any atom is -0.497 e. The fourth-order valence-corrected chi connectivity index (χ4v) is 3.80. The molecular weight excluding hydrogens is 376 g/mol. The van der Waals surface area contributed by atoms with Crippen molar-refractivity contribution >= 4 is 11.6 Å². The molecule has 0 radical (unpaired) electrons. The number of anilines is 1. The molecule has 1 fully saturated rings. The van der Waals surface area contributed by atoms with Crippen LogP contribution in [-0.4, -0.2) is 50.7 Å². The van der Waals surface area contributed by atoms with Crippen LogP contribution in [0.4, 0.5) is 5.69 Å². The van der Waals surface area contributed by atoms with Crippen LogP contribution in [0.1, 0.15) is 36.8 Å². The van der Waals surface area contributed by atoms with Crippen LogP contribution >= 0.6 is 0 Å². The molecule has 5 heteroatoms. The highest BCUT2D eigenvalue weighted by Gasteiger charge is 2.19. The van der Waals surface area contributed by atoms with E-state index >= 15 is 0 Å². The van der Waals surface area contributed by atoms with Crippen LogP contribution in [0.25, 0.3) is 0 Å². The van der Waals surface area contributed by atoms with Gasteiger partial charge in [0.15, 0.2) is 0 Å². The van der Waals surface area contributed by atoms with Crippen molar-refractivity contribution in [2.45, 2.75) is 39.5 Å². The summed E-state index contributed by atoms with van der Waals surface area (Å²) in [4.78, 5) is 17.0. The molecule has 30 heavy (non-hydrogen) atoms. The number of aryl methyl sites for hydroxylation is 2. The van der Waals surface area contributed by atoms with Gasteiger partial charge in [-0.25, -0.2) is 0 Å². The fraction of sp³-hybridized carbons (Fsp3) is 0.480. The summed E-state index contributed by atoms with van der Waals surface area (Å²) in [5.74, 6) is 2.08. The summed E-state index contributed by atoms with van der Waals surface area (Å²) in [6.45, 7) is 8.25. The summed E-state index contributed by atoms with van der Waals surface area (Å²) in [7, 11) is 1.68. The van der Waals surface area contributed by atoms with E-state index in [4.69, 9.17) is 9.47 Å². The summed E-state index contributed by atoms with van der Waals surface area (Å²) in [6.07, 6.45) is 3.35. The van der Waals surface area contributed by atoms with Crippen molar-refractivity contribution in [3.05, 3.63) is 53.6 Å². The zero-order valence-electron chi connectivity index (χ0n) is 18.5. The van der Waals surface area contributed by atoms with Crippen molar-refractivity contribution in [2.24, 2.45) is 0 Å². The number of carbonyl (C=O) groups excluding carboxylic acids is 1. The summed E-state index contributed by atoms with van der Waals surface area (Å²) in [5.41, 5.74) is 3.55. The van der Waals surface area contributed by atoms with Gasteiger partial charge in [0.2, 0.25) is 5.91 Å². The number of hydrogen-bond acceptors (Lipinski definition) is 4. The van der Waals surface area contributed by atoms with Gasteiger partial charge in [0, 0.05) is 38.3 Å². The zero-order chi connectivity index (χ0) is 21.3. The predicted octanol–water partition coefficient (Wildman–Crippen LogP) is 4.60. The van der Waals surface area contributed by atoms with Gasteiger partial charge < -0.3 is 19.3 Å². The van der Waals surface area contributed by atoms with E-state index in [0.717, 1.165) is 62.5 Å². The lowest BCUT2D eigenvalue weighted by atomic mass is 10.1. The van der Waals surface area contributed by atoms with Crippen LogP contribution in [0.2, 0.25) is 0 Å². The maximum Gasteiger partial charge on any atom is 0.222 e. The molecule has 1 amide bonds. The van der Waals surface area contributed by atoms with Crippen LogP contribution in [-0.2, 0) is 4.79 Å². The van der Waals surface area contributed by atoms with Crippen LogP contribution < -0.4 is 14.4 Å². The molecule has 162 valence electrons. The molecule has 1 aliphatic heterocycles. The van der Waals surface area contributed by atoms with E-state index in [9.17, 15) is 4.79 Å². The Labute approximate surface area is 180 Å². The minimum atomic E-state index is 0.262. The van der Waals surface area contributed by atoms with Gasteiger partial charge in [-0.05, 0) is 74.6 Å². The first-order valence-corrected chi connectivity index (χ1v) is 10.9. The Balaban J connectivity index is 1.38. The summed E-state index contributed by atoms with van der Waals surface area (Å²) in [6, 6.07) is 14.4. The van der Waals surface area contributed by atoms with Crippen molar-refractivity contribution < 1.29 is 14.3 Å². The topological polar surface area (TPSA) is 42.0 Å². The van der Waals surface area contributed by atoms with E-state index in [1.54, 1.807) is 7.11 Å². The number of nitrogens with zero attached hydrogens (tertiary/aromatic N) is 2. The largest absolute Gasteiger partial charge is 0.497 e. The first-order chi connectivity index (χ1) is 14.6. The maximum atomic E-state index is 12.7. The molecule has 1 aliphatic rings. The Kier molecular flexibility index (Phi) is 8.00. The first kappa shape index (κ1) is 22.0. The first-order valence-electron chi connectivity index (χ1n) is 10.9. The molecule has 0 unspecified atom stereocenters. The minimum absolute atomic E-state index is 0.262. The van der Waals surface area contributed by atoms with Crippen molar-refractivity contribution in [3.63, 3.8) is 0 Å². The molecule has 3 rings (SSSR count). The molecule has 1 heterocycles. The zero-order valence-corrected chi connectivity index (χ0v) is 18.5. The van der Waals surface area contributed by atoms with Gasteiger partial charge in [-0.2, -0.15) is 0 Å². The second kappa shape index (κ2) is 10.9. The van der Waals surface area contributed by atoms with Gasteiger partial charge in [0.05, 0.1) is 13.7 Å². The number of unbranched alkanes of at least 4 members (excludes halogenated alkanes) is 1. The second-order valence-electron chi connectivity index (χ2n) is 7.99. The molecule has 1 saturated heterocycles. The maximum absolute atomic E-state index is 12.7. The smallest absolute Gasteiger partial charge is 0.222 e. The lowest BCUT2D eigenvalue weighted by Crippen LogP contribution is -2.35. The van der Waals surface area contributed by atoms with E-state index in [1.807, 2.05) is 17.0 Å². The van der Waals surface area contributed by atoms with Crippen LogP contribution in [0.5, 0.6) is 11.5 Å². The third kappa shape index (κ3) is 6.15. The molecule has 0 N–H and O–H groups in total. The number of amides is 1. The summed E-state index contributed by atoms with van der Waals surface area (Å²) < 4.78 is 11.1. The van der Waals surface area contributed by atoms with E-state index < -0.39 is 0 Å². The van der Waals surface area contributed by atoms with Crippen molar-refractivity contribution in [3.8, 4) is 11.5 Å². The average Bonchev–Trinajstić information content (AvgIpc) is 3.02. The summed E-state index contributed by atoms with van der Waals surface area (Å²) >= 11 is 0. The Bertz CT molecular complexity index is 820. The van der Waals surface area contributed by atoms with E-state index in [1.165, 1.54) is 11.3 Å². The fourth-order valence-electron chi connectivity index (χ4n) is 3.80. The highest BCUT2D eigenvalue weighted by Crippen LogP contribution is 2.21. The van der Waals surface area contributed by atoms with Crippen LogP contribution in [0, 0.1) is 13.8 Å². The highest BCUT2D eigenvalue weighted by molar-refractivity contribution is 5.76. The van der Waals surface area contributed by atoms with Crippen LogP contribution in [0.3, 0.4) is 0 Å². The molecule has 0 bridgehead atoms. The Morgan fingerprint density at radius 1 is 0.967 bits per heavy atom. The molecule has 0 aromatic heterocycles. The van der Waals surface area contributed by atoms with E-state index in [0.29, 0.717) is 13.0 Å². The van der Waals surface area contributed by atoms with Gasteiger partial charge in [0.25, 0.3) is 0 Å². The molecular formula is C25H34N2O3. The van der Waals surface area contributed by atoms with Gasteiger partial charge in [-0.3, -0.25) is 4.79 Å². The van der Waals surface area contributed by atoms with Crippen molar-refractivity contribution in [1.29, 1.82) is 0 Å². The monoisotopic (exact) mass is 410 g/mol. The van der Waals surface area contributed by atoms with E-state index in [-0.39, 0.29) is 5.91 Å². The molecule has 2 aromatic rings. The SMILES string of the molecule is COc1ccc(N2CCCN(C(=O)CCCCOc3cc(C)ccc3C)CC2)cc1. The highest BCUT2D eigenvalue weighted by atomic mass is 16.5. The lowest BCUT2D eigenvalue weighted by molar-refractivity contribution is -0.131. The number of carbonyl (C=O) groups is 1. The average molecular weight is 411 g/mol. The molecule has 0 spiro atoms. The predicted molar refractivity (Wildman–Crippen MR) is 122 cm³/mol. The molecule has 0 saturated carbocycles. The lowest BCUT2D eigenvalue weighted by Gasteiger charge is -2.24. The van der Waals surface area contributed by atoms with Gasteiger partial charge in [-0.1, -0.05) is 12.1 Å². The van der Waals surface area contributed by atoms with E-state index in [2.05, 4.69) is 49.1 Å². The van der Waals surface area contributed by atoms with Crippen LogP contribution in [0.15, 0.2) is 42.5 Å². The molecule has 5 nitrogen and oxygen atoms in total. The Hall–Kier alpha value is -2.69. The molecule has 0 aliphatic carbocycles. The van der Waals surface area contributed by atoms with Gasteiger partial charge >= 0.3 is 0 Å². The normalized spacial score (nSPS) is 14.4. The Morgan fingerprint density at radius 2 is 1.77 bits per heavy atom. The van der Waals surface area contributed by atoms with Gasteiger partial charge in [-0.15, -0.1) is 0 Å². The van der Waals surface area contributed by atoms with Crippen molar-refractivity contribution in [2.75, 3.05) is 44.8 Å². The number of benzene rings is 2. The number of rotatable bonds is 8. The number of methoxy groups -OCH3 is 1. The van der Waals surface area contributed by atoms with Crippen molar-refractivity contribution in [1.82, 2.24) is 4.90 Å². The quantitative estimate of drug-likeness (QED) is 0.597. The number of hydrogen-bond donors (Lipinski definition) is 0. The standard InChI is InChI=1S/C25H34N2O3/c1-20-8-9-21(2)24(19-20)30-18-5-4-7-25(28)27-15-6-14-26(16-17-27)22-10-12-23(29-3)13-11-22/h8-13,19H,4-7,14-18H2,1-3H3. The number of ether oxygens (including phenoxy) is 2. The molecule has 2 aromatic carbocycles. The second-order valence-corrected chi connectivity index (χ2v) is 7.99. The third-order valence-corrected chi connectivity index (χ3v) is 5.67.